The monoisotopic (exact) mass is 464 g/mol. The Morgan fingerprint density at radius 2 is 1.61 bits per heavy atom. The minimum atomic E-state index is -1.02. The van der Waals surface area contributed by atoms with Crippen molar-refractivity contribution in [2.75, 3.05) is 13.2 Å². The van der Waals surface area contributed by atoms with E-state index in [9.17, 15) is 14.7 Å². The van der Waals surface area contributed by atoms with Gasteiger partial charge in [0.15, 0.2) is 0 Å². The summed E-state index contributed by atoms with van der Waals surface area (Å²) in [6.07, 6.45) is 0.118. The van der Waals surface area contributed by atoms with E-state index in [1.807, 2.05) is 24.3 Å². The molecule has 0 radical (unpaired) electrons. The summed E-state index contributed by atoms with van der Waals surface area (Å²) in [6.45, 7) is 1.85. The van der Waals surface area contributed by atoms with Crippen LogP contribution in [0.3, 0.4) is 0 Å². The second kappa shape index (κ2) is 10.1. The second-order valence-corrected chi connectivity index (χ2v) is 8.73. The number of carbonyl (C=O) groups is 2. The molecule has 6 heteroatoms. The van der Waals surface area contributed by atoms with E-state index >= 15 is 0 Å². The van der Waals surface area contributed by atoms with E-state index in [4.69, 9.17) is 21.1 Å². The van der Waals surface area contributed by atoms with Crippen molar-refractivity contribution in [1.29, 1.82) is 0 Å². The van der Waals surface area contributed by atoms with Gasteiger partial charge in [0.1, 0.15) is 19.0 Å². The van der Waals surface area contributed by atoms with E-state index in [1.54, 1.807) is 31.2 Å². The number of rotatable bonds is 9. The predicted octanol–water partition coefficient (Wildman–Crippen LogP) is 5.80. The van der Waals surface area contributed by atoms with Gasteiger partial charge in [0.25, 0.3) is 0 Å². The lowest BCUT2D eigenvalue weighted by Crippen LogP contribution is -2.27. The molecule has 0 heterocycles. The van der Waals surface area contributed by atoms with Gasteiger partial charge in [-0.25, -0.2) is 0 Å². The Hall–Kier alpha value is -3.31. The molecule has 1 aliphatic carbocycles. The molecule has 3 aromatic carbocycles. The number of fused-ring (bicyclic) bond motifs is 3. The van der Waals surface area contributed by atoms with E-state index in [0.717, 1.165) is 22.3 Å². The summed E-state index contributed by atoms with van der Waals surface area (Å²) < 4.78 is 11.3. The number of carboxylic acids is 1. The molecule has 5 nitrogen and oxygen atoms in total. The van der Waals surface area contributed by atoms with Crippen LogP contribution in [0, 0.1) is 11.8 Å². The predicted molar refractivity (Wildman–Crippen MR) is 127 cm³/mol. The number of halogens is 1. The van der Waals surface area contributed by atoms with Crippen LogP contribution in [0.25, 0.3) is 11.1 Å². The molecule has 0 saturated heterocycles. The van der Waals surface area contributed by atoms with E-state index in [2.05, 4.69) is 24.3 Å². The van der Waals surface area contributed by atoms with E-state index in [1.165, 1.54) is 0 Å². The number of ether oxygens (including phenoxy) is 2. The Kier molecular flexibility index (Phi) is 6.99. The first-order chi connectivity index (χ1) is 15.9. The van der Waals surface area contributed by atoms with Crippen LogP contribution >= 0.6 is 11.6 Å². The van der Waals surface area contributed by atoms with E-state index < -0.39 is 23.8 Å². The zero-order valence-corrected chi connectivity index (χ0v) is 19.0. The molecular weight excluding hydrogens is 440 g/mol. The number of benzene rings is 3. The van der Waals surface area contributed by atoms with Crippen molar-refractivity contribution in [3.8, 4) is 16.9 Å². The van der Waals surface area contributed by atoms with Crippen molar-refractivity contribution in [3.63, 3.8) is 0 Å². The first-order valence-corrected chi connectivity index (χ1v) is 11.3. The van der Waals surface area contributed by atoms with Gasteiger partial charge < -0.3 is 14.6 Å². The zero-order valence-electron chi connectivity index (χ0n) is 18.2. The van der Waals surface area contributed by atoms with Gasteiger partial charge >= 0.3 is 11.9 Å². The number of hydrogen-bond donors (Lipinski definition) is 1. The Morgan fingerprint density at radius 1 is 0.970 bits per heavy atom. The van der Waals surface area contributed by atoms with Gasteiger partial charge in [-0.3, -0.25) is 9.59 Å². The lowest BCUT2D eigenvalue weighted by molar-refractivity contribution is -0.150. The number of esters is 1. The van der Waals surface area contributed by atoms with Gasteiger partial charge in [-0.05, 0) is 46.9 Å². The fraction of sp³-hybridized carbons (Fsp3) is 0.259. The smallest absolute Gasteiger partial charge is 0.309 e. The van der Waals surface area contributed by atoms with Crippen LogP contribution < -0.4 is 4.74 Å². The van der Waals surface area contributed by atoms with Crippen LogP contribution in [0.5, 0.6) is 5.75 Å². The summed E-state index contributed by atoms with van der Waals surface area (Å²) in [5.41, 5.74) is 4.59. The highest BCUT2D eigenvalue weighted by atomic mass is 35.5. The molecule has 170 valence electrons. The molecule has 2 atom stereocenters. The van der Waals surface area contributed by atoms with Crippen molar-refractivity contribution < 1.29 is 24.2 Å². The Bertz CT molecular complexity index is 1110. The number of carboxylic acid groups (broad SMARTS) is 1. The topological polar surface area (TPSA) is 72.8 Å². The number of aliphatic carboxylic acids is 1. The summed E-state index contributed by atoms with van der Waals surface area (Å²) in [5, 5.41) is 10.1. The average Bonchev–Trinajstić information content (AvgIpc) is 3.13. The first kappa shape index (κ1) is 22.9. The molecule has 1 aliphatic rings. The molecule has 1 N–H and O–H groups in total. The van der Waals surface area contributed by atoms with Crippen molar-refractivity contribution in [1.82, 2.24) is 0 Å². The molecule has 0 unspecified atom stereocenters. The lowest BCUT2D eigenvalue weighted by atomic mass is 9.96. The summed E-state index contributed by atoms with van der Waals surface area (Å²) in [5.74, 6) is -2.40. The standard InChI is InChI=1S/C27H25ClO5/c1-17(13-18(26(29)30)15-32-20-8-6-7-19(28)14-20)27(31)33-16-25-23-11-4-2-9-21(23)22-10-3-5-12-24(22)25/h2-12,14,17-18,25H,13,15-16H2,1H3,(H,29,30)/t17-,18+/m1/s1. The summed E-state index contributed by atoms with van der Waals surface area (Å²) in [6, 6.07) is 23.0. The molecule has 4 rings (SSSR count). The minimum absolute atomic E-state index is 0.0324. The molecule has 0 amide bonds. The first-order valence-electron chi connectivity index (χ1n) is 10.9. The van der Waals surface area contributed by atoms with Crippen LogP contribution in [0.15, 0.2) is 72.8 Å². The van der Waals surface area contributed by atoms with Crippen LogP contribution in [0.4, 0.5) is 0 Å². The van der Waals surface area contributed by atoms with Gasteiger partial charge in [-0.15, -0.1) is 0 Å². The van der Waals surface area contributed by atoms with Crippen molar-refractivity contribution in [3.05, 3.63) is 88.9 Å². The van der Waals surface area contributed by atoms with Gasteiger partial charge in [-0.2, -0.15) is 0 Å². The van der Waals surface area contributed by atoms with Gasteiger partial charge in [0.2, 0.25) is 0 Å². The third kappa shape index (κ3) is 5.20. The molecule has 0 spiro atoms. The van der Waals surface area contributed by atoms with Crippen LogP contribution in [0.2, 0.25) is 5.02 Å². The third-order valence-corrected chi connectivity index (χ3v) is 6.23. The maximum atomic E-state index is 12.7. The van der Waals surface area contributed by atoms with Gasteiger partial charge in [-0.1, -0.05) is 73.1 Å². The van der Waals surface area contributed by atoms with Crippen molar-refractivity contribution in [2.45, 2.75) is 19.3 Å². The Morgan fingerprint density at radius 3 is 2.21 bits per heavy atom. The summed E-state index contributed by atoms with van der Waals surface area (Å²) >= 11 is 5.94. The normalized spacial score (nSPS) is 14.1. The van der Waals surface area contributed by atoms with Crippen LogP contribution in [-0.2, 0) is 14.3 Å². The number of carbonyl (C=O) groups excluding carboxylic acids is 1. The van der Waals surface area contributed by atoms with Gasteiger partial charge in [0.05, 0.1) is 11.8 Å². The summed E-state index contributed by atoms with van der Waals surface area (Å²) in [7, 11) is 0. The minimum Gasteiger partial charge on any atom is -0.493 e. The summed E-state index contributed by atoms with van der Waals surface area (Å²) in [4.78, 5) is 24.5. The quantitative estimate of drug-likeness (QED) is 0.405. The third-order valence-electron chi connectivity index (χ3n) is 5.99. The molecule has 3 aromatic rings. The van der Waals surface area contributed by atoms with Gasteiger partial charge in [0, 0.05) is 10.9 Å². The molecule has 33 heavy (non-hydrogen) atoms. The van der Waals surface area contributed by atoms with E-state index in [-0.39, 0.29) is 25.6 Å². The van der Waals surface area contributed by atoms with Crippen LogP contribution in [0.1, 0.15) is 30.4 Å². The Balaban J connectivity index is 1.36. The average molecular weight is 465 g/mol. The fourth-order valence-electron chi connectivity index (χ4n) is 4.26. The second-order valence-electron chi connectivity index (χ2n) is 8.30. The molecular formula is C27H25ClO5. The van der Waals surface area contributed by atoms with Crippen LogP contribution in [-0.4, -0.2) is 30.3 Å². The highest BCUT2D eigenvalue weighted by Crippen LogP contribution is 2.44. The molecule has 0 fully saturated rings. The molecule has 0 aromatic heterocycles. The highest BCUT2D eigenvalue weighted by molar-refractivity contribution is 6.30. The fourth-order valence-corrected chi connectivity index (χ4v) is 4.44. The largest absolute Gasteiger partial charge is 0.493 e. The molecule has 0 bridgehead atoms. The zero-order chi connectivity index (χ0) is 23.4. The highest BCUT2D eigenvalue weighted by Gasteiger charge is 2.31. The molecule has 0 aliphatic heterocycles. The number of hydrogen-bond acceptors (Lipinski definition) is 4. The lowest BCUT2D eigenvalue weighted by Gasteiger charge is -2.19. The van der Waals surface area contributed by atoms with Crippen molar-refractivity contribution in [2.24, 2.45) is 11.8 Å². The Labute approximate surface area is 197 Å². The molecule has 0 saturated carbocycles. The maximum absolute atomic E-state index is 12.7. The maximum Gasteiger partial charge on any atom is 0.309 e. The van der Waals surface area contributed by atoms with Crippen molar-refractivity contribution >= 4 is 23.5 Å². The SMILES string of the molecule is C[C@H](C[C@@H](COc1cccc(Cl)c1)C(=O)O)C(=O)OCC1c2ccccc2-c2ccccc21. The van der Waals surface area contributed by atoms with E-state index in [0.29, 0.717) is 10.8 Å².